The summed E-state index contributed by atoms with van der Waals surface area (Å²) in [6.45, 7) is 13.1. The standard InChI is InChI=1S/C28H37NO3/c1-19-5-8-21(9-6-19)17-29-18-28(4)24-12-7-20(2)23(27(24,3)15-13-25(28)30)11-10-22-14-16-32-26(22)31/h5-6,8-11,14,23-25,29-30H,2,7,12-13,15-18H2,1,3-4H3/b11-10+/t23-,24+,25-,27+,28+/m1/s1. The third-order valence-corrected chi connectivity index (χ3v) is 8.39. The van der Waals surface area contributed by atoms with E-state index in [9.17, 15) is 9.90 Å². The molecule has 0 unspecified atom stereocenters. The second-order valence-electron chi connectivity index (χ2n) is 10.5. The van der Waals surface area contributed by atoms with Crippen LogP contribution < -0.4 is 5.32 Å². The Balaban J connectivity index is 1.52. The summed E-state index contributed by atoms with van der Waals surface area (Å²) >= 11 is 0. The maximum Gasteiger partial charge on any atom is 0.338 e. The molecule has 5 atom stereocenters. The lowest BCUT2D eigenvalue weighted by molar-refractivity contribution is -0.135. The number of aliphatic hydroxyl groups excluding tert-OH is 1. The van der Waals surface area contributed by atoms with Crippen LogP contribution in [0.3, 0.4) is 0 Å². The average Bonchev–Trinajstić information content (AvgIpc) is 3.17. The van der Waals surface area contributed by atoms with Crippen molar-refractivity contribution in [3.8, 4) is 0 Å². The van der Waals surface area contributed by atoms with Crippen molar-refractivity contribution in [2.45, 2.75) is 59.1 Å². The van der Waals surface area contributed by atoms with Crippen LogP contribution in [0.4, 0.5) is 0 Å². The number of aliphatic hydroxyl groups is 1. The van der Waals surface area contributed by atoms with E-state index < -0.39 is 0 Å². The maximum atomic E-state index is 11.9. The predicted octanol–water partition coefficient (Wildman–Crippen LogP) is 4.87. The predicted molar refractivity (Wildman–Crippen MR) is 128 cm³/mol. The SMILES string of the molecule is C=C1CC[C@@H]2[C@](C)(CNCc3ccc(C)cc3)[C@H](O)CC[C@@]2(C)[C@@H]1/C=C/C1=CCOC1=O. The van der Waals surface area contributed by atoms with Crippen LogP contribution in [0.5, 0.6) is 0 Å². The molecule has 4 nitrogen and oxygen atoms in total. The minimum Gasteiger partial charge on any atom is -0.458 e. The van der Waals surface area contributed by atoms with Gasteiger partial charge in [0, 0.05) is 24.4 Å². The van der Waals surface area contributed by atoms with Gasteiger partial charge in [0.1, 0.15) is 6.61 Å². The maximum absolute atomic E-state index is 11.9. The van der Waals surface area contributed by atoms with Crippen molar-refractivity contribution in [3.63, 3.8) is 0 Å². The fourth-order valence-electron chi connectivity index (χ4n) is 6.41. The van der Waals surface area contributed by atoms with Crippen molar-refractivity contribution < 1.29 is 14.6 Å². The van der Waals surface area contributed by atoms with Gasteiger partial charge in [-0.3, -0.25) is 0 Å². The largest absolute Gasteiger partial charge is 0.458 e. The van der Waals surface area contributed by atoms with Gasteiger partial charge in [-0.2, -0.15) is 0 Å². The molecule has 2 saturated carbocycles. The minimum atomic E-state index is -0.324. The quantitative estimate of drug-likeness (QED) is 0.494. The van der Waals surface area contributed by atoms with Crippen LogP contribution in [0.2, 0.25) is 0 Å². The van der Waals surface area contributed by atoms with Gasteiger partial charge in [0.15, 0.2) is 0 Å². The van der Waals surface area contributed by atoms with Crippen LogP contribution in [0, 0.1) is 29.6 Å². The zero-order chi connectivity index (χ0) is 22.9. The van der Waals surface area contributed by atoms with Gasteiger partial charge in [-0.1, -0.05) is 68.0 Å². The number of cyclic esters (lactones) is 1. The minimum absolute atomic E-state index is 0.00835. The molecular formula is C28H37NO3. The summed E-state index contributed by atoms with van der Waals surface area (Å²) in [6, 6.07) is 8.62. The Kier molecular flexibility index (Phi) is 6.46. The van der Waals surface area contributed by atoms with E-state index in [2.05, 4.69) is 63.0 Å². The van der Waals surface area contributed by atoms with Crippen LogP contribution in [0.15, 0.2) is 60.2 Å². The highest BCUT2D eigenvalue weighted by Gasteiger charge is 2.57. The number of carbonyl (C=O) groups is 1. The highest BCUT2D eigenvalue weighted by atomic mass is 16.5. The second-order valence-corrected chi connectivity index (χ2v) is 10.5. The van der Waals surface area contributed by atoms with E-state index in [0.717, 1.165) is 38.8 Å². The van der Waals surface area contributed by atoms with Crippen molar-refractivity contribution in [1.29, 1.82) is 0 Å². The molecule has 172 valence electrons. The lowest BCUT2D eigenvalue weighted by Crippen LogP contribution is -2.58. The summed E-state index contributed by atoms with van der Waals surface area (Å²) in [7, 11) is 0. The molecule has 3 aliphatic rings. The molecule has 0 aromatic heterocycles. The number of allylic oxidation sites excluding steroid dienone is 2. The first-order valence-corrected chi connectivity index (χ1v) is 11.9. The molecule has 0 radical (unpaired) electrons. The van der Waals surface area contributed by atoms with Crippen molar-refractivity contribution in [2.75, 3.05) is 13.2 Å². The number of esters is 1. The third kappa shape index (κ3) is 4.23. The van der Waals surface area contributed by atoms with E-state index >= 15 is 0 Å². The molecule has 2 aliphatic carbocycles. The Morgan fingerprint density at radius 1 is 1.25 bits per heavy atom. The Morgan fingerprint density at radius 2 is 2.00 bits per heavy atom. The van der Waals surface area contributed by atoms with E-state index in [1.807, 2.05) is 12.2 Å². The zero-order valence-electron chi connectivity index (χ0n) is 19.7. The number of nitrogens with one attached hydrogen (secondary N) is 1. The number of aryl methyl sites for hydroxylation is 1. The van der Waals surface area contributed by atoms with Crippen LogP contribution in [-0.2, 0) is 16.1 Å². The number of fused-ring (bicyclic) bond motifs is 1. The highest BCUT2D eigenvalue weighted by molar-refractivity contribution is 5.93. The smallest absolute Gasteiger partial charge is 0.338 e. The van der Waals surface area contributed by atoms with E-state index in [-0.39, 0.29) is 28.8 Å². The number of hydrogen-bond acceptors (Lipinski definition) is 4. The molecule has 4 heteroatoms. The van der Waals surface area contributed by atoms with Gasteiger partial charge in [-0.15, -0.1) is 0 Å². The first-order valence-electron chi connectivity index (χ1n) is 11.9. The summed E-state index contributed by atoms with van der Waals surface area (Å²) in [5.74, 6) is 0.321. The monoisotopic (exact) mass is 435 g/mol. The van der Waals surface area contributed by atoms with Gasteiger partial charge in [-0.25, -0.2) is 4.79 Å². The fraction of sp³-hybridized carbons (Fsp3) is 0.536. The van der Waals surface area contributed by atoms with E-state index in [4.69, 9.17) is 4.74 Å². The van der Waals surface area contributed by atoms with Gasteiger partial charge < -0.3 is 15.2 Å². The van der Waals surface area contributed by atoms with Gasteiger partial charge in [-0.05, 0) is 55.6 Å². The first-order chi connectivity index (χ1) is 15.2. The number of benzene rings is 1. The van der Waals surface area contributed by atoms with Crippen LogP contribution in [-0.4, -0.2) is 30.3 Å². The summed E-state index contributed by atoms with van der Waals surface area (Å²) in [6.07, 6.45) is 9.37. The topological polar surface area (TPSA) is 58.6 Å². The fourth-order valence-corrected chi connectivity index (χ4v) is 6.41. The zero-order valence-corrected chi connectivity index (χ0v) is 19.7. The Labute approximate surface area is 192 Å². The normalized spacial score (nSPS) is 35.0. The summed E-state index contributed by atoms with van der Waals surface area (Å²) in [5.41, 5.74) is 4.20. The molecule has 2 fully saturated rings. The summed E-state index contributed by atoms with van der Waals surface area (Å²) < 4.78 is 5.05. The van der Waals surface area contributed by atoms with Gasteiger partial charge in [0.25, 0.3) is 0 Å². The molecule has 1 aromatic rings. The summed E-state index contributed by atoms with van der Waals surface area (Å²) in [4.78, 5) is 11.9. The van der Waals surface area contributed by atoms with Gasteiger partial charge in [0.05, 0.1) is 11.7 Å². The summed E-state index contributed by atoms with van der Waals surface area (Å²) in [5, 5.41) is 14.8. The van der Waals surface area contributed by atoms with Crippen molar-refractivity contribution >= 4 is 5.97 Å². The highest BCUT2D eigenvalue weighted by Crippen LogP contribution is 2.61. The Hall–Kier alpha value is -2.17. The number of carbonyl (C=O) groups excluding carboxylic acids is 1. The van der Waals surface area contributed by atoms with Crippen molar-refractivity contribution in [3.05, 3.63) is 71.3 Å². The number of ether oxygens (including phenoxy) is 1. The van der Waals surface area contributed by atoms with Crippen LogP contribution in [0.1, 0.15) is 50.7 Å². The van der Waals surface area contributed by atoms with Gasteiger partial charge in [0.2, 0.25) is 0 Å². The molecule has 1 aromatic carbocycles. The van der Waals surface area contributed by atoms with E-state index in [1.165, 1.54) is 16.7 Å². The van der Waals surface area contributed by atoms with Gasteiger partial charge >= 0.3 is 5.97 Å². The average molecular weight is 436 g/mol. The molecular weight excluding hydrogens is 398 g/mol. The van der Waals surface area contributed by atoms with E-state index in [0.29, 0.717) is 18.1 Å². The number of rotatable bonds is 6. The molecule has 0 bridgehead atoms. The van der Waals surface area contributed by atoms with Crippen LogP contribution >= 0.6 is 0 Å². The molecule has 32 heavy (non-hydrogen) atoms. The lowest BCUT2D eigenvalue weighted by atomic mass is 9.46. The van der Waals surface area contributed by atoms with Crippen molar-refractivity contribution in [2.24, 2.45) is 22.7 Å². The molecule has 0 amide bonds. The number of hydrogen-bond donors (Lipinski definition) is 2. The first kappa shape index (κ1) is 23.0. The molecule has 1 aliphatic heterocycles. The molecule has 2 N–H and O–H groups in total. The third-order valence-electron chi connectivity index (χ3n) is 8.39. The van der Waals surface area contributed by atoms with E-state index in [1.54, 1.807) is 0 Å². The Morgan fingerprint density at radius 3 is 2.69 bits per heavy atom. The molecule has 0 saturated heterocycles. The molecule has 1 heterocycles. The Bertz CT molecular complexity index is 931. The second kappa shape index (κ2) is 8.99. The lowest BCUT2D eigenvalue weighted by Gasteiger charge is -2.60. The molecule has 4 rings (SSSR count). The molecule has 0 spiro atoms. The van der Waals surface area contributed by atoms with Crippen molar-refractivity contribution in [1.82, 2.24) is 5.32 Å². The van der Waals surface area contributed by atoms with Crippen LogP contribution in [0.25, 0.3) is 0 Å².